The summed E-state index contributed by atoms with van der Waals surface area (Å²) in [6.07, 6.45) is 4.00. The van der Waals surface area contributed by atoms with Gasteiger partial charge in [0.05, 0.1) is 25.9 Å². The molecule has 1 heterocycles. The third-order valence-electron chi connectivity index (χ3n) is 3.19. The molecule has 0 aliphatic heterocycles. The van der Waals surface area contributed by atoms with Gasteiger partial charge < -0.3 is 20.1 Å². The summed E-state index contributed by atoms with van der Waals surface area (Å²) in [5, 5.41) is 5.49. The van der Waals surface area contributed by atoms with Gasteiger partial charge in [-0.25, -0.2) is 9.59 Å². The number of carbonyl (C=O) groups excluding carboxylic acids is 3. The molecule has 1 amide bonds. The topological polar surface area (TPSA) is 107 Å². The fourth-order valence-electron chi connectivity index (χ4n) is 1.96. The van der Waals surface area contributed by atoms with Crippen LogP contribution in [0.1, 0.15) is 10.4 Å². The zero-order valence-corrected chi connectivity index (χ0v) is 14.2. The van der Waals surface area contributed by atoms with E-state index in [4.69, 9.17) is 0 Å². The molecule has 0 spiro atoms. The van der Waals surface area contributed by atoms with Crippen LogP contribution in [0, 0.1) is 0 Å². The first-order valence-electron chi connectivity index (χ1n) is 7.50. The Morgan fingerprint density at radius 3 is 2.35 bits per heavy atom. The van der Waals surface area contributed by atoms with Crippen LogP contribution >= 0.6 is 0 Å². The van der Waals surface area contributed by atoms with E-state index in [1.54, 1.807) is 42.6 Å². The van der Waals surface area contributed by atoms with Crippen LogP contribution in [0.25, 0.3) is 0 Å². The van der Waals surface area contributed by atoms with Gasteiger partial charge >= 0.3 is 11.9 Å². The van der Waals surface area contributed by atoms with Gasteiger partial charge in [0.15, 0.2) is 0 Å². The molecule has 0 radical (unpaired) electrons. The first-order chi connectivity index (χ1) is 12.5. The minimum atomic E-state index is -0.736. The van der Waals surface area contributed by atoms with Crippen LogP contribution in [0.4, 0.5) is 11.4 Å². The fraction of sp³-hybridized carbons (Fsp3) is 0.111. The molecule has 1 aromatic heterocycles. The SMILES string of the molecule is COC(=O)/C=C(/Nc1cccc(NC(=O)c2cccnc2)c1)C(=O)OC. The molecule has 0 saturated heterocycles. The Morgan fingerprint density at radius 1 is 1.00 bits per heavy atom. The van der Waals surface area contributed by atoms with E-state index in [-0.39, 0.29) is 11.6 Å². The molecule has 0 unspecified atom stereocenters. The van der Waals surface area contributed by atoms with Crippen molar-refractivity contribution in [3.8, 4) is 0 Å². The molecular weight excluding hydrogens is 338 g/mol. The van der Waals surface area contributed by atoms with E-state index in [2.05, 4.69) is 25.1 Å². The molecule has 8 nitrogen and oxygen atoms in total. The van der Waals surface area contributed by atoms with Crippen LogP contribution in [0.5, 0.6) is 0 Å². The van der Waals surface area contributed by atoms with E-state index in [1.807, 2.05) is 0 Å². The summed E-state index contributed by atoms with van der Waals surface area (Å²) in [5.74, 6) is -1.77. The summed E-state index contributed by atoms with van der Waals surface area (Å²) >= 11 is 0. The zero-order valence-electron chi connectivity index (χ0n) is 14.2. The highest BCUT2D eigenvalue weighted by molar-refractivity contribution is 6.04. The van der Waals surface area contributed by atoms with Crippen LogP contribution in [0.2, 0.25) is 0 Å². The highest BCUT2D eigenvalue weighted by atomic mass is 16.5. The molecule has 0 fully saturated rings. The van der Waals surface area contributed by atoms with E-state index in [9.17, 15) is 14.4 Å². The monoisotopic (exact) mass is 355 g/mol. The Kier molecular flexibility index (Phi) is 6.44. The first kappa shape index (κ1) is 18.7. The van der Waals surface area contributed by atoms with Crippen LogP contribution < -0.4 is 10.6 Å². The number of ether oxygens (including phenoxy) is 2. The maximum atomic E-state index is 12.2. The minimum absolute atomic E-state index is 0.102. The number of nitrogens with zero attached hydrogens (tertiary/aromatic N) is 1. The number of hydrogen-bond donors (Lipinski definition) is 2. The number of hydrogen-bond acceptors (Lipinski definition) is 7. The molecule has 8 heteroatoms. The van der Waals surface area contributed by atoms with Gasteiger partial charge in [0.2, 0.25) is 0 Å². The second kappa shape index (κ2) is 8.97. The van der Waals surface area contributed by atoms with Crippen LogP contribution in [0.15, 0.2) is 60.6 Å². The van der Waals surface area contributed by atoms with Crippen LogP contribution in [0.3, 0.4) is 0 Å². The van der Waals surface area contributed by atoms with Crippen molar-refractivity contribution in [1.82, 2.24) is 4.98 Å². The number of pyridine rings is 1. The van der Waals surface area contributed by atoms with E-state index < -0.39 is 11.9 Å². The number of esters is 2. The Balaban J connectivity index is 2.17. The van der Waals surface area contributed by atoms with E-state index >= 15 is 0 Å². The number of benzene rings is 1. The lowest BCUT2D eigenvalue weighted by Gasteiger charge is -2.11. The zero-order chi connectivity index (χ0) is 18.9. The quantitative estimate of drug-likeness (QED) is 0.603. The van der Waals surface area contributed by atoms with Crippen molar-refractivity contribution < 1.29 is 23.9 Å². The van der Waals surface area contributed by atoms with Gasteiger partial charge in [0.1, 0.15) is 5.70 Å². The number of anilines is 2. The second-order valence-electron chi connectivity index (χ2n) is 4.97. The van der Waals surface area contributed by atoms with Crippen molar-refractivity contribution in [3.63, 3.8) is 0 Å². The lowest BCUT2D eigenvalue weighted by atomic mass is 10.2. The first-order valence-corrected chi connectivity index (χ1v) is 7.50. The van der Waals surface area contributed by atoms with E-state index in [1.165, 1.54) is 20.4 Å². The van der Waals surface area contributed by atoms with Crippen molar-refractivity contribution in [3.05, 3.63) is 66.1 Å². The van der Waals surface area contributed by atoms with Gasteiger partial charge in [0, 0.05) is 23.8 Å². The Morgan fingerprint density at radius 2 is 1.73 bits per heavy atom. The predicted molar refractivity (Wildman–Crippen MR) is 94.4 cm³/mol. The maximum absolute atomic E-state index is 12.2. The Hall–Kier alpha value is -3.68. The molecular formula is C18H17N3O5. The normalized spacial score (nSPS) is 10.6. The largest absolute Gasteiger partial charge is 0.466 e. The Labute approximate surface area is 149 Å². The van der Waals surface area contributed by atoms with Gasteiger partial charge in [-0.05, 0) is 30.3 Å². The summed E-state index contributed by atoms with van der Waals surface area (Å²) in [4.78, 5) is 39.2. The molecule has 2 N–H and O–H groups in total. The van der Waals surface area contributed by atoms with Gasteiger partial charge in [-0.1, -0.05) is 6.07 Å². The van der Waals surface area contributed by atoms with Crippen LogP contribution in [-0.2, 0) is 19.1 Å². The number of rotatable bonds is 6. The molecule has 2 rings (SSSR count). The predicted octanol–water partition coefficient (Wildman–Crippen LogP) is 1.98. The molecule has 0 bridgehead atoms. The summed E-state index contributed by atoms with van der Waals surface area (Å²) in [7, 11) is 2.39. The van der Waals surface area contributed by atoms with E-state index in [0.717, 1.165) is 6.08 Å². The summed E-state index contributed by atoms with van der Waals surface area (Å²) in [6.45, 7) is 0. The van der Waals surface area contributed by atoms with Gasteiger partial charge in [0.25, 0.3) is 5.91 Å². The highest BCUT2D eigenvalue weighted by Gasteiger charge is 2.13. The average molecular weight is 355 g/mol. The molecule has 0 atom stereocenters. The number of amides is 1. The third kappa shape index (κ3) is 5.17. The van der Waals surface area contributed by atoms with Crippen LogP contribution in [-0.4, -0.2) is 37.0 Å². The third-order valence-corrected chi connectivity index (χ3v) is 3.19. The maximum Gasteiger partial charge on any atom is 0.354 e. The molecule has 0 aliphatic rings. The second-order valence-corrected chi connectivity index (χ2v) is 4.97. The molecule has 2 aromatic rings. The van der Waals surface area contributed by atoms with Crippen molar-refractivity contribution >= 4 is 29.2 Å². The molecule has 26 heavy (non-hydrogen) atoms. The lowest BCUT2D eigenvalue weighted by molar-refractivity contribution is -0.138. The standard InChI is InChI=1S/C18H17N3O5/c1-25-16(22)10-15(18(24)26-2)20-13-6-3-7-14(9-13)21-17(23)12-5-4-8-19-11-12/h3-11,20H,1-2H3,(H,21,23)/b15-10+. The summed E-state index contributed by atoms with van der Waals surface area (Å²) < 4.78 is 9.14. The van der Waals surface area contributed by atoms with Crippen molar-refractivity contribution in [2.75, 3.05) is 24.9 Å². The highest BCUT2D eigenvalue weighted by Crippen LogP contribution is 2.18. The number of nitrogens with one attached hydrogen (secondary N) is 2. The van der Waals surface area contributed by atoms with Gasteiger partial charge in [-0.2, -0.15) is 0 Å². The number of carbonyl (C=O) groups is 3. The number of aromatic nitrogens is 1. The summed E-state index contributed by atoms with van der Waals surface area (Å²) in [6, 6.07) is 9.91. The van der Waals surface area contributed by atoms with Gasteiger partial charge in [-0.3, -0.25) is 9.78 Å². The molecule has 0 saturated carbocycles. The molecule has 1 aromatic carbocycles. The van der Waals surface area contributed by atoms with Gasteiger partial charge in [-0.15, -0.1) is 0 Å². The van der Waals surface area contributed by atoms with Crippen molar-refractivity contribution in [2.45, 2.75) is 0 Å². The average Bonchev–Trinajstić information content (AvgIpc) is 2.67. The summed E-state index contributed by atoms with van der Waals surface area (Å²) in [5.41, 5.74) is 1.27. The van der Waals surface area contributed by atoms with Crippen molar-refractivity contribution in [1.29, 1.82) is 0 Å². The minimum Gasteiger partial charge on any atom is -0.466 e. The molecule has 134 valence electrons. The Bertz CT molecular complexity index is 834. The smallest absolute Gasteiger partial charge is 0.354 e. The fourth-order valence-corrected chi connectivity index (χ4v) is 1.96. The number of methoxy groups -OCH3 is 2. The lowest BCUT2D eigenvalue weighted by Crippen LogP contribution is -2.16. The van der Waals surface area contributed by atoms with E-state index in [0.29, 0.717) is 16.9 Å². The van der Waals surface area contributed by atoms with Crippen molar-refractivity contribution in [2.24, 2.45) is 0 Å². The molecule has 0 aliphatic carbocycles.